The fourth-order valence-electron chi connectivity index (χ4n) is 2.00. The van der Waals surface area contributed by atoms with Crippen LogP contribution < -0.4 is 0 Å². The first-order valence-corrected chi connectivity index (χ1v) is 7.43. The van der Waals surface area contributed by atoms with E-state index >= 15 is 0 Å². The summed E-state index contributed by atoms with van der Waals surface area (Å²) in [6.07, 6.45) is 1.01. The minimum absolute atomic E-state index is 0.00171. The fourth-order valence-corrected chi connectivity index (χ4v) is 2.00. The van der Waals surface area contributed by atoms with Gasteiger partial charge in [-0.15, -0.1) is 0 Å². The van der Waals surface area contributed by atoms with Crippen molar-refractivity contribution in [2.75, 3.05) is 26.4 Å². The van der Waals surface area contributed by atoms with E-state index in [0.29, 0.717) is 0 Å². The maximum Gasteiger partial charge on any atom is 0.339 e. The van der Waals surface area contributed by atoms with Gasteiger partial charge in [0.1, 0.15) is 13.2 Å². The molecular formula is C17H18O9. The smallest absolute Gasteiger partial charge is 0.339 e. The maximum absolute atomic E-state index is 12.2. The Balaban J connectivity index is 2.66. The highest BCUT2D eigenvalue weighted by Gasteiger charge is 2.26. The number of rotatable bonds is 10. The molecule has 0 spiro atoms. The van der Waals surface area contributed by atoms with Crippen molar-refractivity contribution in [3.05, 3.63) is 47.0 Å². The normalized spacial score (nSPS) is 10.0. The number of ether oxygens (including phenoxy) is 3. The van der Waals surface area contributed by atoms with Gasteiger partial charge in [0.2, 0.25) is 0 Å². The number of aryl methyl sites for hydroxylation is 1. The molecule has 0 aliphatic carbocycles. The van der Waals surface area contributed by atoms with E-state index in [9.17, 15) is 24.3 Å². The van der Waals surface area contributed by atoms with Crippen LogP contribution in [0.2, 0.25) is 0 Å². The second-order valence-corrected chi connectivity index (χ2v) is 4.91. The average molecular weight is 366 g/mol. The van der Waals surface area contributed by atoms with E-state index in [0.717, 1.165) is 12.1 Å². The summed E-state index contributed by atoms with van der Waals surface area (Å²) in [4.78, 5) is 45.5. The van der Waals surface area contributed by atoms with E-state index in [1.807, 2.05) is 0 Å². The minimum Gasteiger partial charge on any atom is -0.478 e. The SMILES string of the molecule is C=CC(=O)OCCOCCOC(=O)c1c(C)ccc(C(=O)O)c1C(=O)O. The summed E-state index contributed by atoms with van der Waals surface area (Å²) in [5.41, 5.74) is -1.18. The molecule has 1 rings (SSSR count). The molecule has 0 aliphatic heterocycles. The van der Waals surface area contributed by atoms with Crippen LogP contribution in [-0.4, -0.2) is 60.5 Å². The molecule has 0 radical (unpaired) electrons. The molecule has 9 nitrogen and oxygen atoms in total. The Morgan fingerprint density at radius 1 is 0.962 bits per heavy atom. The van der Waals surface area contributed by atoms with Gasteiger partial charge < -0.3 is 24.4 Å². The van der Waals surface area contributed by atoms with E-state index in [1.165, 1.54) is 13.0 Å². The lowest BCUT2D eigenvalue weighted by atomic mass is 9.96. The van der Waals surface area contributed by atoms with Crippen LogP contribution in [0.5, 0.6) is 0 Å². The summed E-state index contributed by atoms with van der Waals surface area (Å²) >= 11 is 0. The molecule has 0 heterocycles. The van der Waals surface area contributed by atoms with E-state index in [1.54, 1.807) is 0 Å². The molecule has 0 saturated carbocycles. The third-order valence-corrected chi connectivity index (χ3v) is 3.16. The lowest BCUT2D eigenvalue weighted by Gasteiger charge is -2.12. The largest absolute Gasteiger partial charge is 0.478 e. The zero-order chi connectivity index (χ0) is 19.7. The van der Waals surface area contributed by atoms with Crippen molar-refractivity contribution in [3.63, 3.8) is 0 Å². The van der Waals surface area contributed by atoms with Crippen LogP contribution in [0.15, 0.2) is 24.8 Å². The summed E-state index contributed by atoms with van der Waals surface area (Å²) in [6, 6.07) is 2.45. The van der Waals surface area contributed by atoms with Crippen molar-refractivity contribution >= 4 is 23.9 Å². The van der Waals surface area contributed by atoms with Crippen LogP contribution in [0, 0.1) is 6.92 Å². The van der Waals surface area contributed by atoms with Crippen LogP contribution in [0.25, 0.3) is 0 Å². The van der Waals surface area contributed by atoms with Crippen LogP contribution in [0.4, 0.5) is 0 Å². The van der Waals surface area contributed by atoms with E-state index in [-0.39, 0.29) is 37.6 Å². The van der Waals surface area contributed by atoms with Crippen LogP contribution >= 0.6 is 0 Å². The molecule has 0 aromatic heterocycles. The Morgan fingerprint density at radius 3 is 2.12 bits per heavy atom. The molecule has 0 amide bonds. The van der Waals surface area contributed by atoms with Gasteiger partial charge in [-0.25, -0.2) is 19.2 Å². The summed E-state index contributed by atoms with van der Waals surface area (Å²) < 4.78 is 14.7. The number of carbonyl (C=O) groups is 4. The minimum atomic E-state index is -1.54. The number of esters is 2. The quantitative estimate of drug-likeness (QED) is 0.356. The number of benzene rings is 1. The van der Waals surface area contributed by atoms with Crippen LogP contribution in [0.1, 0.15) is 36.6 Å². The molecule has 2 N–H and O–H groups in total. The number of hydrogen-bond donors (Lipinski definition) is 2. The molecule has 9 heteroatoms. The average Bonchev–Trinajstić information content (AvgIpc) is 2.59. The van der Waals surface area contributed by atoms with Gasteiger partial charge in [0, 0.05) is 6.08 Å². The molecule has 1 aromatic carbocycles. The van der Waals surface area contributed by atoms with Crippen molar-refractivity contribution in [2.24, 2.45) is 0 Å². The molecule has 0 atom stereocenters. The number of hydrogen-bond acceptors (Lipinski definition) is 7. The Kier molecular flexibility index (Phi) is 7.97. The lowest BCUT2D eigenvalue weighted by Crippen LogP contribution is -2.20. The summed E-state index contributed by atoms with van der Waals surface area (Å²) in [7, 11) is 0. The molecule has 140 valence electrons. The number of carboxylic acid groups (broad SMARTS) is 2. The highest BCUT2D eigenvalue weighted by molar-refractivity contribution is 6.10. The monoisotopic (exact) mass is 366 g/mol. The van der Waals surface area contributed by atoms with Gasteiger partial charge in [0.15, 0.2) is 0 Å². The Bertz CT molecular complexity index is 721. The van der Waals surface area contributed by atoms with Gasteiger partial charge in [0.05, 0.1) is 29.9 Å². The van der Waals surface area contributed by atoms with Crippen molar-refractivity contribution in [2.45, 2.75) is 6.92 Å². The van der Waals surface area contributed by atoms with E-state index in [4.69, 9.17) is 14.6 Å². The second-order valence-electron chi connectivity index (χ2n) is 4.91. The third-order valence-electron chi connectivity index (χ3n) is 3.16. The Morgan fingerprint density at radius 2 is 1.58 bits per heavy atom. The fraction of sp³-hybridized carbons (Fsp3) is 0.294. The van der Waals surface area contributed by atoms with Crippen molar-refractivity contribution in [1.82, 2.24) is 0 Å². The summed E-state index contributed by atoms with van der Waals surface area (Å²) in [5.74, 6) is -4.56. The molecule has 0 aliphatic rings. The standard InChI is InChI=1S/C17H18O9/c1-3-12(18)25-8-6-24-7-9-26-17(23)13-10(2)4-5-11(15(19)20)14(13)16(21)22/h3-5H,1,6-9H2,2H3,(H,19,20)(H,21,22). The molecule has 0 saturated heterocycles. The molecular weight excluding hydrogens is 348 g/mol. The first-order valence-electron chi connectivity index (χ1n) is 7.43. The van der Waals surface area contributed by atoms with Gasteiger partial charge in [-0.3, -0.25) is 0 Å². The first-order chi connectivity index (χ1) is 12.3. The molecule has 0 bridgehead atoms. The summed E-state index contributed by atoms with van der Waals surface area (Å²) in [5, 5.41) is 18.3. The predicted octanol–water partition coefficient (Wildman–Crippen LogP) is 1.29. The summed E-state index contributed by atoms with van der Waals surface area (Å²) in [6.45, 7) is 4.57. The molecule has 26 heavy (non-hydrogen) atoms. The van der Waals surface area contributed by atoms with Crippen LogP contribution in [0.3, 0.4) is 0 Å². The maximum atomic E-state index is 12.2. The lowest BCUT2D eigenvalue weighted by molar-refractivity contribution is -0.139. The number of carboxylic acids is 2. The van der Waals surface area contributed by atoms with Crippen molar-refractivity contribution < 1.29 is 43.6 Å². The van der Waals surface area contributed by atoms with Gasteiger partial charge in [-0.05, 0) is 18.6 Å². The van der Waals surface area contributed by atoms with Crippen molar-refractivity contribution in [3.8, 4) is 0 Å². The number of carbonyl (C=O) groups excluding carboxylic acids is 2. The van der Waals surface area contributed by atoms with E-state index in [2.05, 4.69) is 11.3 Å². The topological polar surface area (TPSA) is 136 Å². The first kappa shape index (κ1) is 20.8. The second kappa shape index (κ2) is 9.94. The Labute approximate surface area is 148 Å². The third kappa shape index (κ3) is 5.71. The van der Waals surface area contributed by atoms with Gasteiger partial charge in [0.25, 0.3) is 0 Å². The van der Waals surface area contributed by atoms with E-state index < -0.39 is 35.0 Å². The number of aromatic carboxylic acids is 2. The molecule has 1 aromatic rings. The van der Waals surface area contributed by atoms with Crippen LogP contribution in [-0.2, 0) is 19.0 Å². The predicted molar refractivity (Wildman–Crippen MR) is 87.4 cm³/mol. The van der Waals surface area contributed by atoms with Gasteiger partial charge in [-0.2, -0.15) is 0 Å². The molecule has 0 fully saturated rings. The zero-order valence-corrected chi connectivity index (χ0v) is 14.0. The van der Waals surface area contributed by atoms with Gasteiger partial charge in [-0.1, -0.05) is 12.6 Å². The molecule has 0 unspecified atom stereocenters. The zero-order valence-electron chi connectivity index (χ0n) is 14.0. The highest BCUT2D eigenvalue weighted by atomic mass is 16.6. The van der Waals surface area contributed by atoms with Gasteiger partial charge >= 0.3 is 23.9 Å². The van der Waals surface area contributed by atoms with Crippen molar-refractivity contribution in [1.29, 1.82) is 0 Å². The Hall–Kier alpha value is -3.20. The highest BCUT2D eigenvalue weighted by Crippen LogP contribution is 2.20.